The Kier molecular flexibility index (Phi) is 9.45. The fourth-order valence-electron chi connectivity index (χ4n) is 2.47. The van der Waals surface area contributed by atoms with Gasteiger partial charge in [-0.3, -0.25) is 9.79 Å². The molecule has 1 unspecified atom stereocenters. The van der Waals surface area contributed by atoms with Crippen molar-refractivity contribution in [2.75, 3.05) is 32.8 Å². The van der Waals surface area contributed by atoms with Crippen molar-refractivity contribution in [1.29, 1.82) is 0 Å². The largest absolute Gasteiger partial charge is 0.377 e. The summed E-state index contributed by atoms with van der Waals surface area (Å²) < 4.78 is 5.30. The maximum Gasteiger partial charge on any atom is 0.220 e. The summed E-state index contributed by atoms with van der Waals surface area (Å²) in [5.74, 6) is 0.979. The van der Waals surface area contributed by atoms with Crippen LogP contribution in [0.5, 0.6) is 0 Å². The van der Waals surface area contributed by atoms with Crippen LogP contribution >= 0.6 is 24.0 Å². The molecule has 0 aliphatic carbocycles. The van der Waals surface area contributed by atoms with E-state index in [4.69, 9.17) is 4.74 Å². The smallest absolute Gasteiger partial charge is 0.220 e. The van der Waals surface area contributed by atoms with Crippen molar-refractivity contribution in [3.63, 3.8) is 0 Å². The molecule has 0 saturated carbocycles. The average Bonchev–Trinajstić information content (AvgIpc) is 2.51. The van der Waals surface area contributed by atoms with E-state index < -0.39 is 0 Å². The Labute approximate surface area is 149 Å². The summed E-state index contributed by atoms with van der Waals surface area (Å²) in [5, 5.41) is 9.54. The third kappa shape index (κ3) is 6.95. The first-order chi connectivity index (χ1) is 10.3. The van der Waals surface area contributed by atoms with Gasteiger partial charge in [0.2, 0.25) is 5.91 Å². The zero-order valence-electron chi connectivity index (χ0n) is 13.2. The number of nitrogens with zero attached hydrogens (tertiary/aromatic N) is 1. The third-order valence-corrected chi connectivity index (χ3v) is 3.71. The molecule has 2 aliphatic heterocycles. The molecule has 1 amide bonds. The van der Waals surface area contributed by atoms with Crippen molar-refractivity contribution in [2.45, 2.75) is 38.6 Å². The van der Waals surface area contributed by atoms with Crippen LogP contribution in [0.25, 0.3) is 0 Å². The van der Waals surface area contributed by atoms with E-state index in [1.54, 1.807) is 0 Å². The van der Waals surface area contributed by atoms with Crippen LogP contribution in [0.2, 0.25) is 0 Å². The lowest BCUT2D eigenvalue weighted by molar-refractivity contribution is -0.122. The Balaban J connectivity index is 0.00000242. The summed E-state index contributed by atoms with van der Waals surface area (Å²) in [5.41, 5.74) is 1.44. The Morgan fingerprint density at radius 1 is 1.50 bits per heavy atom. The standard InChI is InChI=1S/C15H26N4O2.HI/c1-2-16-15(19-13-3-4-14(20)18-11-13)17-8-5-12-6-9-21-10-7-12;/h6,13H,2-5,7-11H2,1H3,(H,18,20)(H2,16,17,19);1H. The van der Waals surface area contributed by atoms with Crippen molar-refractivity contribution in [3.05, 3.63) is 11.6 Å². The molecular weight excluding hydrogens is 395 g/mol. The van der Waals surface area contributed by atoms with E-state index in [1.807, 2.05) is 0 Å². The van der Waals surface area contributed by atoms with Crippen molar-refractivity contribution in [1.82, 2.24) is 16.0 Å². The monoisotopic (exact) mass is 422 g/mol. The van der Waals surface area contributed by atoms with E-state index in [0.717, 1.165) is 51.5 Å². The number of halogens is 1. The topological polar surface area (TPSA) is 74.8 Å². The predicted molar refractivity (Wildman–Crippen MR) is 98.7 cm³/mol. The van der Waals surface area contributed by atoms with E-state index in [1.165, 1.54) is 5.57 Å². The highest BCUT2D eigenvalue weighted by Crippen LogP contribution is 2.11. The number of ether oxygens (including phenoxy) is 1. The zero-order chi connectivity index (χ0) is 14.9. The summed E-state index contributed by atoms with van der Waals surface area (Å²) in [6, 6.07) is 0.266. The molecule has 3 N–H and O–H groups in total. The van der Waals surface area contributed by atoms with Gasteiger partial charge in [-0.1, -0.05) is 11.6 Å². The molecule has 0 bridgehead atoms. The summed E-state index contributed by atoms with van der Waals surface area (Å²) in [4.78, 5) is 15.8. The first kappa shape index (κ1) is 19.2. The fraction of sp³-hybridized carbons (Fsp3) is 0.733. The van der Waals surface area contributed by atoms with Gasteiger partial charge in [0.25, 0.3) is 0 Å². The highest BCUT2D eigenvalue weighted by atomic mass is 127. The molecule has 6 nitrogen and oxygen atoms in total. The van der Waals surface area contributed by atoms with Gasteiger partial charge in [-0.25, -0.2) is 0 Å². The Bertz CT molecular complexity index is 402. The number of hydrogen-bond acceptors (Lipinski definition) is 3. The van der Waals surface area contributed by atoms with Gasteiger partial charge in [-0.05, 0) is 26.2 Å². The molecule has 22 heavy (non-hydrogen) atoms. The summed E-state index contributed by atoms with van der Waals surface area (Å²) in [6.45, 7) is 5.91. The maximum atomic E-state index is 11.2. The van der Waals surface area contributed by atoms with Crippen LogP contribution in [0, 0.1) is 0 Å². The number of aliphatic imine (C=N–C) groups is 1. The van der Waals surface area contributed by atoms with Gasteiger partial charge < -0.3 is 20.7 Å². The second-order valence-electron chi connectivity index (χ2n) is 5.38. The minimum Gasteiger partial charge on any atom is -0.377 e. The number of rotatable bonds is 5. The molecule has 2 heterocycles. The van der Waals surface area contributed by atoms with Crippen LogP contribution in [0.15, 0.2) is 16.6 Å². The Morgan fingerprint density at radius 2 is 2.36 bits per heavy atom. The maximum absolute atomic E-state index is 11.2. The van der Waals surface area contributed by atoms with Crippen molar-refractivity contribution >= 4 is 35.8 Å². The number of piperidine rings is 1. The van der Waals surface area contributed by atoms with Crippen molar-refractivity contribution in [2.24, 2.45) is 4.99 Å². The molecule has 126 valence electrons. The van der Waals surface area contributed by atoms with Crippen molar-refractivity contribution < 1.29 is 9.53 Å². The summed E-state index contributed by atoms with van der Waals surface area (Å²) >= 11 is 0. The van der Waals surface area contributed by atoms with Crippen LogP contribution in [-0.2, 0) is 9.53 Å². The van der Waals surface area contributed by atoms with Gasteiger partial charge in [0.1, 0.15) is 0 Å². The lowest BCUT2D eigenvalue weighted by Gasteiger charge is -2.25. The SMILES string of the molecule is CCNC(=NCCC1=CCOCC1)NC1CCC(=O)NC1.I. The quantitative estimate of drug-likeness (QED) is 0.269. The van der Waals surface area contributed by atoms with Gasteiger partial charge in [0, 0.05) is 32.1 Å². The molecule has 0 aromatic rings. The molecule has 2 rings (SSSR count). The highest BCUT2D eigenvalue weighted by Gasteiger charge is 2.18. The second-order valence-corrected chi connectivity index (χ2v) is 5.38. The van der Waals surface area contributed by atoms with Gasteiger partial charge in [-0.2, -0.15) is 0 Å². The highest BCUT2D eigenvalue weighted by molar-refractivity contribution is 14.0. The van der Waals surface area contributed by atoms with E-state index in [0.29, 0.717) is 13.0 Å². The molecule has 1 atom stereocenters. The second kappa shape index (κ2) is 10.8. The van der Waals surface area contributed by atoms with E-state index in [2.05, 4.69) is 33.9 Å². The molecule has 1 saturated heterocycles. The van der Waals surface area contributed by atoms with Crippen molar-refractivity contribution in [3.8, 4) is 0 Å². The molecule has 0 radical (unpaired) electrons. The molecular formula is C15H27IN4O2. The van der Waals surface area contributed by atoms with Gasteiger partial charge in [-0.15, -0.1) is 24.0 Å². The van der Waals surface area contributed by atoms with Crippen LogP contribution in [0.3, 0.4) is 0 Å². The molecule has 0 aromatic carbocycles. The number of nitrogens with one attached hydrogen (secondary N) is 3. The number of hydrogen-bond donors (Lipinski definition) is 3. The first-order valence-electron chi connectivity index (χ1n) is 7.85. The predicted octanol–water partition coefficient (Wildman–Crippen LogP) is 1.17. The van der Waals surface area contributed by atoms with E-state index in [9.17, 15) is 4.79 Å². The van der Waals surface area contributed by atoms with E-state index >= 15 is 0 Å². The minimum atomic E-state index is 0. The normalized spacial score (nSPS) is 22.2. The number of carbonyl (C=O) groups excluding carboxylic acids is 1. The van der Waals surface area contributed by atoms with Crippen LogP contribution in [0.4, 0.5) is 0 Å². The zero-order valence-corrected chi connectivity index (χ0v) is 15.5. The molecule has 2 aliphatic rings. The average molecular weight is 422 g/mol. The fourth-order valence-corrected chi connectivity index (χ4v) is 2.47. The van der Waals surface area contributed by atoms with Crippen LogP contribution in [-0.4, -0.2) is 50.8 Å². The molecule has 1 fully saturated rings. The van der Waals surface area contributed by atoms with E-state index in [-0.39, 0.29) is 35.9 Å². The number of amides is 1. The molecule has 0 aromatic heterocycles. The Hall–Kier alpha value is -0.830. The summed E-state index contributed by atoms with van der Waals surface area (Å²) in [6.07, 6.45) is 5.62. The van der Waals surface area contributed by atoms with Crippen LogP contribution < -0.4 is 16.0 Å². The lowest BCUT2D eigenvalue weighted by atomic mass is 10.1. The third-order valence-electron chi connectivity index (χ3n) is 3.71. The number of guanidine groups is 1. The first-order valence-corrected chi connectivity index (χ1v) is 7.85. The Morgan fingerprint density at radius 3 is 3.00 bits per heavy atom. The molecule has 7 heteroatoms. The molecule has 0 spiro atoms. The number of carbonyl (C=O) groups is 1. The lowest BCUT2D eigenvalue weighted by Crippen LogP contribution is -2.51. The minimum absolute atomic E-state index is 0. The van der Waals surface area contributed by atoms with Crippen LogP contribution in [0.1, 0.15) is 32.6 Å². The van der Waals surface area contributed by atoms with Gasteiger partial charge in [0.15, 0.2) is 5.96 Å². The summed E-state index contributed by atoms with van der Waals surface area (Å²) in [7, 11) is 0. The van der Waals surface area contributed by atoms with Gasteiger partial charge in [0.05, 0.1) is 13.2 Å². The van der Waals surface area contributed by atoms with Gasteiger partial charge >= 0.3 is 0 Å².